The van der Waals surface area contributed by atoms with Gasteiger partial charge < -0.3 is 10.2 Å². The predicted molar refractivity (Wildman–Crippen MR) is 112 cm³/mol. The molecule has 0 saturated heterocycles. The van der Waals surface area contributed by atoms with Crippen molar-refractivity contribution in [2.24, 2.45) is 0 Å². The van der Waals surface area contributed by atoms with Crippen molar-refractivity contribution in [1.82, 2.24) is 0 Å². The van der Waals surface area contributed by atoms with Gasteiger partial charge in [0, 0.05) is 0 Å². The van der Waals surface area contributed by atoms with Crippen LogP contribution in [0.4, 0.5) is 17.6 Å². The summed E-state index contributed by atoms with van der Waals surface area (Å²) in [7, 11) is 0. The van der Waals surface area contributed by atoms with Crippen LogP contribution in [-0.4, -0.2) is 43.3 Å². The number of rotatable bonds is 8. The summed E-state index contributed by atoms with van der Waals surface area (Å²) in [6.45, 7) is 4.58. The maximum atomic E-state index is 12.5. The molecule has 0 amide bonds. The van der Waals surface area contributed by atoms with Gasteiger partial charge in [0.15, 0.2) is 0 Å². The molecule has 0 heterocycles. The van der Waals surface area contributed by atoms with Gasteiger partial charge in [-0.1, -0.05) is 0 Å². The molecule has 0 saturated carbocycles. The zero-order chi connectivity index (χ0) is 23.8. The van der Waals surface area contributed by atoms with Crippen molar-refractivity contribution >= 4 is 33.1 Å². The van der Waals surface area contributed by atoms with Crippen molar-refractivity contribution < 1.29 is 37.4 Å². The van der Waals surface area contributed by atoms with Crippen LogP contribution in [0.3, 0.4) is 0 Å². The normalized spacial score (nSPS) is 9.74. The molecule has 4 nitrogen and oxygen atoms in total. The second kappa shape index (κ2) is 16.6. The van der Waals surface area contributed by atoms with Crippen LogP contribution >= 0.6 is 0 Å². The Morgan fingerprint density at radius 2 is 1.10 bits per heavy atom. The number of carbonyl (C=O) groups is 2. The van der Waals surface area contributed by atoms with Gasteiger partial charge in [0.25, 0.3) is 0 Å². The Bertz CT molecular complexity index is 764. The van der Waals surface area contributed by atoms with Crippen molar-refractivity contribution in [2.45, 2.75) is 48.4 Å². The standard InChI is InChI=1S/2C7H4F2O2.2C4H9.Sn/c2*8-4-1-2-6(9)5(3-4)7(10)11;2*1-3-4-2;/h2*1-3H,(H,10,11);2*1,3-4H2,2H3;. The van der Waals surface area contributed by atoms with E-state index in [1.807, 2.05) is 0 Å². The largest absolute Gasteiger partial charge is 0.478 e. The van der Waals surface area contributed by atoms with E-state index in [2.05, 4.69) is 13.8 Å². The van der Waals surface area contributed by atoms with Crippen LogP contribution in [0.15, 0.2) is 36.4 Å². The zero-order valence-corrected chi connectivity index (χ0v) is 20.3. The van der Waals surface area contributed by atoms with Crippen LogP contribution < -0.4 is 0 Å². The number of carboxylic acid groups (broad SMARTS) is 2. The average Bonchev–Trinajstić information content (AvgIpc) is 2.72. The first-order valence-electron chi connectivity index (χ1n) is 9.71. The van der Waals surface area contributed by atoms with Crippen molar-refractivity contribution in [2.75, 3.05) is 0 Å². The van der Waals surface area contributed by atoms with E-state index in [9.17, 15) is 27.2 Å². The van der Waals surface area contributed by atoms with Gasteiger partial charge in [-0.15, -0.1) is 0 Å². The van der Waals surface area contributed by atoms with E-state index >= 15 is 0 Å². The Labute approximate surface area is 189 Å². The minimum absolute atomic E-state index is 0.149. The van der Waals surface area contributed by atoms with Crippen molar-refractivity contribution in [3.05, 3.63) is 70.8 Å². The number of halogens is 4. The molecule has 0 aliphatic heterocycles. The predicted octanol–water partition coefficient (Wildman–Crippen LogP) is 6.45. The number of aromatic carboxylic acids is 2. The number of carboxylic acids is 2. The van der Waals surface area contributed by atoms with Gasteiger partial charge in [0.2, 0.25) is 0 Å². The van der Waals surface area contributed by atoms with E-state index < -0.39 is 46.3 Å². The van der Waals surface area contributed by atoms with Crippen LogP contribution in [0.5, 0.6) is 0 Å². The van der Waals surface area contributed by atoms with Gasteiger partial charge in [-0.25, -0.2) is 27.2 Å². The molecule has 2 radical (unpaired) electrons. The van der Waals surface area contributed by atoms with E-state index in [-0.39, 0.29) is 21.1 Å². The van der Waals surface area contributed by atoms with Crippen LogP contribution in [0.25, 0.3) is 0 Å². The Kier molecular flexibility index (Phi) is 15.5. The van der Waals surface area contributed by atoms with E-state index in [1.165, 1.54) is 25.7 Å². The Balaban J connectivity index is 0.000000439. The Morgan fingerprint density at radius 1 is 0.742 bits per heavy atom. The second-order valence-corrected chi connectivity index (χ2v) is 10.6. The molecule has 2 aromatic carbocycles. The number of hydrogen-bond acceptors (Lipinski definition) is 2. The summed E-state index contributed by atoms with van der Waals surface area (Å²) in [5.41, 5.74) is -1.30. The summed E-state index contributed by atoms with van der Waals surface area (Å²) in [5, 5.41) is 16.6. The molecule has 9 heteroatoms. The summed E-state index contributed by atoms with van der Waals surface area (Å²) in [6, 6.07) is 4.55. The molecule has 170 valence electrons. The first kappa shape index (κ1) is 28.9. The Hall–Kier alpha value is -2.10. The molecule has 0 spiro atoms. The van der Waals surface area contributed by atoms with Gasteiger partial charge in [-0.3, -0.25) is 0 Å². The first-order valence-corrected chi connectivity index (χ1v) is 13.7. The summed E-state index contributed by atoms with van der Waals surface area (Å²) in [6.07, 6.45) is 5.84. The summed E-state index contributed by atoms with van der Waals surface area (Å²) in [5.74, 6) is -6.32. The summed E-state index contributed by atoms with van der Waals surface area (Å²) >= 11 is 0.149. The SMILES string of the molecule is CCC[CH2][Sn][CH2]CCC.O=C(O)c1cc(F)ccc1F.O=C(O)c1cc(F)ccc1F. The molecule has 0 aromatic heterocycles. The molecule has 0 aliphatic carbocycles. The molecule has 2 rings (SSSR count). The van der Waals surface area contributed by atoms with Crippen LogP contribution in [0, 0.1) is 23.3 Å². The van der Waals surface area contributed by atoms with Crippen LogP contribution in [-0.2, 0) is 0 Å². The maximum absolute atomic E-state index is 12.5. The third-order valence-corrected chi connectivity index (χ3v) is 7.77. The van der Waals surface area contributed by atoms with Gasteiger partial charge in [0.05, 0.1) is 11.1 Å². The smallest absolute Gasteiger partial charge is 0.338 e. The third kappa shape index (κ3) is 13.0. The summed E-state index contributed by atoms with van der Waals surface area (Å²) < 4.78 is 52.8. The molecular formula is C22H26F4O4Sn. The molecule has 2 N–H and O–H groups in total. The molecule has 31 heavy (non-hydrogen) atoms. The van der Waals surface area contributed by atoms with Crippen LogP contribution in [0.2, 0.25) is 8.87 Å². The molecule has 0 bridgehead atoms. The summed E-state index contributed by atoms with van der Waals surface area (Å²) in [4.78, 5) is 20.3. The minimum Gasteiger partial charge on any atom is -0.478 e. The first-order chi connectivity index (χ1) is 14.6. The van der Waals surface area contributed by atoms with Crippen molar-refractivity contribution in [1.29, 1.82) is 0 Å². The van der Waals surface area contributed by atoms with Gasteiger partial charge in [-0.05, 0) is 36.4 Å². The number of benzene rings is 2. The van der Waals surface area contributed by atoms with Gasteiger partial charge in [0.1, 0.15) is 23.3 Å². The molecule has 0 atom stereocenters. The van der Waals surface area contributed by atoms with Gasteiger partial charge in [-0.2, -0.15) is 0 Å². The maximum Gasteiger partial charge on any atom is 0.338 e. The fourth-order valence-electron chi connectivity index (χ4n) is 2.05. The minimum atomic E-state index is -1.47. The number of unbranched alkanes of at least 4 members (excludes halogenated alkanes) is 2. The van der Waals surface area contributed by atoms with Crippen LogP contribution in [0.1, 0.15) is 60.2 Å². The van der Waals surface area contributed by atoms with E-state index in [1.54, 1.807) is 8.87 Å². The van der Waals surface area contributed by atoms with Gasteiger partial charge >= 0.3 is 81.5 Å². The average molecular weight is 549 g/mol. The molecule has 0 unspecified atom stereocenters. The fraction of sp³-hybridized carbons (Fsp3) is 0.364. The monoisotopic (exact) mass is 550 g/mol. The second-order valence-electron chi connectivity index (χ2n) is 6.32. The van der Waals surface area contributed by atoms with E-state index in [0.29, 0.717) is 12.1 Å². The topological polar surface area (TPSA) is 74.6 Å². The van der Waals surface area contributed by atoms with E-state index in [4.69, 9.17) is 10.2 Å². The van der Waals surface area contributed by atoms with Crippen molar-refractivity contribution in [3.63, 3.8) is 0 Å². The molecule has 0 fully saturated rings. The quantitative estimate of drug-likeness (QED) is 0.226. The molecule has 0 aliphatic rings. The Morgan fingerprint density at radius 3 is 1.35 bits per heavy atom. The third-order valence-electron chi connectivity index (χ3n) is 3.73. The molecule has 2 aromatic rings. The van der Waals surface area contributed by atoms with Crippen molar-refractivity contribution in [3.8, 4) is 0 Å². The molecular weight excluding hydrogens is 523 g/mol. The number of hydrogen-bond donors (Lipinski definition) is 2. The van der Waals surface area contributed by atoms with E-state index in [0.717, 1.165) is 24.3 Å². The fourth-order valence-corrected chi connectivity index (χ4v) is 6.21. The zero-order valence-electron chi connectivity index (χ0n) is 17.4.